The van der Waals surface area contributed by atoms with Crippen molar-refractivity contribution in [3.8, 4) is 45.0 Å². The van der Waals surface area contributed by atoms with Crippen molar-refractivity contribution >= 4 is 87.8 Å². The molecule has 1 atom stereocenters. The second-order valence-corrected chi connectivity index (χ2v) is 23.8. The third kappa shape index (κ3) is 11.0. The van der Waals surface area contributed by atoms with Crippen LogP contribution in [0.25, 0.3) is 133 Å². The minimum absolute atomic E-state index is 0.237. The lowest BCUT2D eigenvalue weighted by Crippen LogP contribution is -2.31. The van der Waals surface area contributed by atoms with Gasteiger partial charge in [-0.2, -0.15) is 0 Å². The van der Waals surface area contributed by atoms with E-state index in [1.165, 1.54) is 6.92 Å². The first-order valence-electron chi connectivity index (χ1n) is 38.4. The fourth-order valence-corrected chi connectivity index (χ4v) is 12.7. The van der Waals surface area contributed by atoms with E-state index in [0.717, 1.165) is 144 Å². The van der Waals surface area contributed by atoms with E-state index in [1.54, 1.807) is 66.6 Å². The Hall–Kier alpha value is -10.4. The summed E-state index contributed by atoms with van der Waals surface area (Å²) in [5, 5.41) is 7.69. The Bertz CT molecular complexity index is 6230. The number of nitrogens with zero attached hydrogens (tertiary/aromatic N) is 4. The number of benzene rings is 8. The van der Waals surface area contributed by atoms with Crippen molar-refractivity contribution in [1.82, 2.24) is 0 Å². The quantitative estimate of drug-likeness (QED) is 0.161. The van der Waals surface area contributed by atoms with Gasteiger partial charge in [0.15, 0.2) is 24.8 Å². The first-order valence-corrected chi connectivity index (χ1v) is 30.4. The maximum absolute atomic E-state index is 8.46. The Morgan fingerprint density at radius 3 is 1.21 bits per heavy atom. The van der Waals surface area contributed by atoms with Crippen molar-refractivity contribution in [2.24, 2.45) is 28.2 Å². The van der Waals surface area contributed by atoms with Crippen molar-refractivity contribution in [1.29, 1.82) is 0 Å². The number of para-hydroxylation sites is 4. The van der Waals surface area contributed by atoms with Crippen LogP contribution in [0.3, 0.4) is 0 Å². The molecule has 16 rings (SSSR count). The second kappa shape index (κ2) is 24.4. The van der Waals surface area contributed by atoms with Gasteiger partial charge in [0, 0.05) is 112 Å². The van der Waals surface area contributed by atoms with Gasteiger partial charge in [0.25, 0.3) is 0 Å². The SMILES string of the molecule is [2H]C([2H])([2H])C([2H])(C)c1cc[n+](C)c(-c2c(C)ccc3c2oc2ccccc23)c1.[2H]C([2H])([2H])c1c[n+](C)c(-c2c(C)ccc3c2oc2ccccc23)cc1C.[2H]C([2H])([2H])c1ccc(-c2c(C)cc(C([2H])([2H])[2H])c3c2oc2ccccc23)[n+](C)c1.[2H]C([2H])([2H])c1ccc(-c2c(C)ccc3c2oc2ccccc23)[n+](C)c1. The molecule has 0 aliphatic rings. The molecule has 0 aliphatic carbocycles. The van der Waals surface area contributed by atoms with Gasteiger partial charge in [0.2, 0.25) is 22.8 Å². The average Bonchev–Trinajstić information content (AvgIpc) is 1.55. The first-order chi connectivity index (χ1) is 50.7. The topological polar surface area (TPSA) is 68.1 Å². The molecule has 456 valence electrons. The molecular formula is C84H80N4O4+4. The fourth-order valence-electron chi connectivity index (χ4n) is 12.7. The molecular weight excluding hydrogens is 1130 g/mol. The molecule has 0 saturated carbocycles. The Kier molecular flexibility index (Phi) is 11.7. The molecule has 0 amide bonds. The van der Waals surface area contributed by atoms with Gasteiger partial charge >= 0.3 is 0 Å². The van der Waals surface area contributed by atoms with Crippen LogP contribution in [0.4, 0.5) is 0 Å². The normalized spacial score (nSPS) is 15.4. The van der Waals surface area contributed by atoms with Gasteiger partial charge in [-0.1, -0.05) is 129 Å². The van der Waals surface area contributed by atoms with E-state index in [2.05, 4.69) is 55.5 Å². The summed E-state index contributed by atoms with van der Waals surface area (Å²) < 4.78 is 157. The molecule has 0 N–H and O–H groups in total. The number of hydrogen-bond donors (Lipinski definition) is 0. The van der Waals surface area contributed by atoms with Crippen LogP contribution in [0.5, 0.6) is 0 Å². The highest BCUT2D eigenvalue weighted by atomic mass is 16.3. The van der Waals surface area contributed by atoms with Crippen LogP contribution in [-0.2, 0) is 28.2 Å². The van der Waals surface area contributed by atoms with Crippen molar-refractivity contribution in [2.45, 2.75) is 81.7 Å². The summed E-state index contributed by atoms with van der Waals surface area (Å²) in [6.45, 7) is 0.0729. The van der Waals surface area contributed by atoms with E-state index in [-0.39, 0.29) is 11.1 Å². The van der Waals surface area contributed by atoms with Gasteiger partial charge in [-0.25, -0.2) is 18.3 Å². The summed E-state index contributed by atoms with van der Waals surface area (Å²) in [4.78, 5) is 0. The Balaban J connectivity index is 0.000000127. The summed E-state index contributed by atoms with van der Waals surface area (Å²) in [7, 11) is 7.43. The van der Waals surface area contributed by atoms with Crippen molar-refractivity contribution < 1.29 is 57.9 Å². The average molecular weight is 1230 g/mol. The predicted molar refractivity (Wildman–Crippen MR) is 378 cm³/mol. The Morgan fingerprint density at radius 1 is 0.337 bits per heavy atom. The van der Waals surface area contributed by atoms with Crippen LogP contribution in [0.2, 0.25) is 0 Å². The van der Waals surface area contributed by atoms with Gasteiger partial charge in [-0.3, -0.25) is 0 Å². The highest BCUT2D eigenvalue weighted by Crippen LogP contribution is 2.42. The molecule has 8 aromatic heterocycles. The van der Waals surface area contributed by atoms with Gasteiger partial charge < -0.3 is 17.7 Å². The van der Waals surface area contributed by atoms with Crippen LogP contribution in [0.1, 0.15) is 97.2 Å². The maximum Gasteiger partial charge on any atom is 0.216 e. The summed E-state index contributed by atoms with van der Waals surface area (Å²) in [6.07, 6.45) is 6.76. The fraction of sp³-hybridized carbons (Fsp3) is 0.190. The monoisotopic (exact) mass is 1220 g/mol. The van der Waals surface area contributed by atoms with Crippen LogP contribution in [-0.4, -0.2) is 0 Å². The first kappa shape index (κ1) is 44.1. The summed E-state index contributed by atoms with van der Waals surface area (Å²) in [5.41, 5.74) is 19.5. The summed E-state index contributed by atoms with van der Waals surface area (Å²) in [6, 6.07) is 57.7. The lowest BCUT2D eigenvalue weighted by Gasteiger charge is -2.09. The van der Waals surface area contributed by atoms with Gasteiger partial charge in [-0.05, 0) is 143 Å². The largest absolute Gasteiger partial charge is 0.455 e. The number of hydrogen-bond acceptors (Lipinski definition) is 4. The van der Waals surface area contributed by atoms with E-state index in [9.17, 15) is 0 Å². The number of aryl methyl sites for hydroxylation is 13. The zero-order chi connectivity index (χ0) is 77.8. The molecule has 8 nitrogen and oxygen atoms in total. The number of furan rings is 4. The minimum Gasteiger partial charge on any atom is -0.455 e. The smallest absolute Gasteiger partial charge is 0.216 e. The molecule has 8 aromatic carbocycles. The zero-order valence-electron chi connectivity index (χ0n) is 69.1. The van der Waals surface area contributed by atoms with Gasteiger partial charge in [0.1, 0.15) is 72.9 Å². The third-order valence-corrected chi connectivity index (χ3v) is 17.5. The standard InChI is InChI=1S/C22H22NO.2C21H20NO.C20H18NO/c1-14(2)16-11-12-23(4)19(13-16)21-15(3)9-10-18-17-7-5-6-8-20(17)24-22(18)21;1-13-9-10-17-16-7-5-6-8-19(16)23-21(17)20(13)18-11-14(2)15(3)12-22(18)4;1-13-9-10-17(22(4)12-13)20-15(3)11-14(2)19-16-7-5-6-8-18(16)23-21(19)20;1-13-8-11-17(21(3)12-13)19-14(2)9-10-16-15-6-4-5-7-18(15)22-20(16)19/h5-14H,1-4H3;2*5-12H,1-4H3;4-12H,1-3H3/q4*+1/i1D3,14D;3D3;1D3,2D3;1D3. The molecule has 92 heavy (non-hydrogen) atoms. The molecule has 0 bridgehead atoms. The van der Waals surface area contributed by atoms with E-state index in [4.69, 9.17) is 39.6 Å². The summed E-state index contributed by atoms with van der Waals surface area (Å²) >= 11 is 0. The highest BCUT2D eigenvalue weighted by molar-refractivity contribution is 6.13. The van der Waals surface area contributed by atoms with Gasteiger partial charge in [-0.15, -0.1) is 0 Å². The van der Waals surface area contributed by atoms with E-state index >= 15 is 0 Å². The zero-order valence-corrected chi connectivity index (χ0v) is 53.1. The lowest BCUT2D eigenvalue weighted by atomic mass is 9.97. The Labute approximate surface area is 561 Å². The van der Waals surface area contributed by atoms with E-state index < -0.39 is 40.2 Å². The molecule has 0 aliphatic heterocycles. The predicted octanol–water partition coefficient (Wildman–Crippen LogP) is 20.2. The van der Waals surface area contributed by atoms with Crippen molar-refractivity contribution in [2.75, 3.05) is 0 Å². The Morgan fingerprint density at radius 2 is 0.750 bits per heavy atom. The molecule has 1 unspecified atom stereocenters. The maximum atomic E-state index is 8.46. The molecule has 0 spiro atoms. The number of rotatable bonds is 5. The van der Waals surface area contributed by atoms with Gasteiger partial charge in [0.05, 0.1) is 22.3 Å². The molecule has 8 heterocycles. The minimum atomic E-state index is -2.43. The van der Waals surface area contributed by atoms with Crippen LogP contribution < -0.4 is 18.3 Å². The third-order valence-electron chi connectivity index (χ3n) is 17.5. The molecule has 16 aromatic rings. The van der Waals surface area contributed by atoms with Crippen LogP contribution >= 0.6 is 0 Å². The lowest BCUT2D eigenvalue weighted by molar-refractivity contribution is -0.660. The number of pyridine rings is 4. The van der Waals surface area contributed by atoms with Crippen LogP contribution in [0, 0.1) is 62.0 Å². The molecule has 8 heteroatoms. The number of fused-ring (bicyclic) bond motifs is 12. The number of aromatic nitrogens is 4. The van der Waals surface area contributed by atoms with Crippen LogP contribution in [0.15, 0.2) is 224 Å². The molecule has 0 radical (unpaired) electrons. The van der Waals surface area contributed by atoms with Crippen molar-refractivity contribution in [3.05, 3.63) is 262 Å². The molecule has 0 saturated heterocycles. The summed E-state index contributed by atoms with van der Waals surface area (Å²) in [5.74, 6) is -1.70. The molecule has 0 fully saturated rings. The highest BCUT2D eigenvalue weighted by Gasteiger charge is 2.26. The second-order valence-electron chi connectivity index (χ2n) is 23.8. The van der Waals surface area contributed by atoms with Crippen molar-refractivity contribution in [3.63, 3.8) is 0 Å². The van der Waals surface area contributed by atoms with E-state index in [1.807, 2.05) is 166 Å². The van der Waals surface area contributed by atoms with E-state index in [0.29, 0.717) is 33.2 Å².